The van der Waals surface area contributed by atoms with Gasteiger partial charge in [-0.05, 0) is 12.8 Å². The second-order valence-corrected chi connectivity index (χ2v) is 7.44. The highest BCUT2D eigenvalue weighted by molar-refractivity contribution is 7.58. The Morgan fingerprint density at radius 1 is 1.00 bits per heavy atom. The summed E-state index contributed by atoms with van der Waals surface area (Å²) in [6, 6.07) is 0. The Kier molecular flexibility index (Phi) is 11.5. The minimum atomic E-state index is -2.99. The average Bonchev–Trinajstić information content (AvgIpc) is 2.33. The normalized spacial score (nSPS) is 15.0. The van der Waals surface area contributed by atoms with Crippen LogP contribution < -0.4 is 0 Å². The molecule has 1 unspecified atom stereocenters. The van der Waals surface area contributed by atoms with E-state index in [9.17, 15) is 9.46 Å². The van der Waals surface area contributed by atoms with Crippen LogP contribution in [0.4, 0.5) is 0 Å². The molecule has 0 aliphatic rings. The zero-order chi connectivity index (χ0) is 13.7. The minimum Gasteiger partial charge on any atom is -0.411 e. The highest BCUT2D eigenvalue weighted by Gasteiger charge is 2.16. The molecule has 0 aromatic rings. The molecular formula is C13H28NO3P. The molecule has 0 rings (SSSR count). The van der Waals surface area contributed by atoms with Crippen molar-refractivity contribution in [2.24, 2.45) is 5.16 Å². The highest BCUT2D eigenvalue weighted by atomic mass is 31.2. The first kappa shape index (κ1) is 17.7. The van der Waals surface area contributed by atoms with E-state index in [0.29, 0.717) is 12.6 Å². The molecule has 0 saturated carbocycles. The molecule has 5 heteroatoms. The molecule has 0 aliphatic carbocycles. The van der Waals surface area contributed by atoms with Crippen LogP contribution in [0.15, 0.2) is 5.16 Å². The predicted molar refractivity (Wildman–Crippen MR) is 77.1 cm³/mol. The summed E-state index contributed by atoms with van der Waals surface area (Å²) in [6.45, 7) is 2.21. The topological polar surface area (TPSA) is 69.9 Å². The molecule has 2 N–H and O–H groups in total. The van der Waals surface area contributed by atoms with Gasteiger partial charge in [0.25, 0.3) is 0 Å². The zero-order valence-electron chi connectivity index (χ0n) is 11.6. The maximum Gasteiger partial charge on any atom is 0.201 e. The fourth-order valence-electron chi connectivity index (χ4n) is 1.92. The van der Waals surface area contributed by atoms with Crippen LogP contribution in [0.25, 0.3) is 0 Å². The van der Waals surface area contributed by atoms with Crippen LogP contribution in [0.3, 0.4) is 0 Å². The standard InChI is InChI=1S/C13H28NO3P/c1-2-3-4-5-6-7-8-9-12-18(16,17)13-10-11-14-15/h11,15H,2-10,12-13H2,1H3,(H,16,17). The van der Waals surface area contributed by atoms with E-state index in [1.165, 1.54) is 44.7 Å². The van der Waals surface area contributed by atoms with Crippen molar-refractivity contribution in [1.29, 1.82) is 0 Å². The maximum atomic E-state index is 11.7. The molecule has 0 aromatic heterocycles. The van der Waals surface area contributed by atoms with Crippen molar-refractivity contribution < 1.29 is 14.7 Å². The SMILES string of the molecule is CCCCCCCCCCP(=O)(O)CCC=NO. The number of hydrogen-bond donors (Lipinski definition) is 2. The van der Waals surface area contributed by atoms with Crippen molar-refractivity contribution in [2.45, 2.75) is 64.7 Å². The molecular weight excluding hydrogens is 249 g/mol. The van der Waals surface area contributed by atoms with E-state index < -0.39 is 7.37 Å². The van der Waals surface area contributed by atoms with E-state index in [4.69, 9.17) is 5.21 Å². The van der Waals surface area contributed by atoms with Crippen LogP contribution in [0, 0.1) is 0 Å². The van der Waals surface area contributed by atoms with Crippen LogP contribution in [-0.2, 0) is 4.57 Å². The molecule has 18 heavy (non-hydrogen) atoms. The van der Waals surface area contributed by atoms with Gasteiger partial charge < -0.3 is 10.1 Å². The largest absolute Gasteiger partial charge is 0.411 e. The van der Waals surface area contributed by atoms with Gasteiger partial charge in [0.05, 0.1) is 0 Å². The third-order valence-corrected chi connectivity index (χ3v) is 5.02. The molecule has 0 aliphatic heterocycles. The minimum absolute atomic E-state index is 0.230. The second kappa shape index (κ2) is 11.7. The van der Waals surface area contributed by atoms with Crippen molar-refractivity contribution in [3.05, 3.63) is 0 Å². The van der Waals surface area contributed by atoms with Gasteiger partial charge >= 0.3 is 0 Å². The summed E-state index contributed by atoms with van der Waals surface area (Å²) in [5, 5.41) is 11.0. The summed E-state index contributed by atoms with van der Waals surface area (Å²) >= 11 is 0. The van der Waals surface area contributed by atoms with Crippen molar-refractivity contribution in [3.8, 4) is 0 Å². The first-order valence-corrected chi connectivity index (χ1v) is 9.12. The Morgan fingerprint density at radius 2 is 1.56 bits per heavy atom. The Bertz CT molecular complexity index is 257. The van der Waals surface area contributed by atoms with Gasteiger partial charge in [-0.25, -0.2) is 0 Å². The Hall–Kier alpha value is -0.340. The average molecular weight is 277 g/mol. The second-order valence-electron chi connectivity index (χ2n) is 4.86. The molecule has 108 valence electrons. The van der Waals surface area contributed by atoms with Gasteiger partial charge in [0.2, 0.25) is 7.37 Å². The molecule has 0 aromatic carbocycles. The molecule has 0 fully saturated rings. The zero-order valence-corrected chi connectivity index (χ0v) is 12.4. The fraction of sp³-hybridized carbons (Fsp3) is 0.923. The van der Waals surface area contributed by atoms with Crippen LogP contribution in [0.1, 0.15) is 64.7 Å². The number of oxime groups is 1. The molecule has 0 bridgehead atoms. The van der Waals surface area contributed by atoms with E-state index in [-0.39, 0.29) is 6.16 Å². The van der Waals surface area contributed by atoms with E-state index in [2.05, 4.69) is 12.1 Å². The fourth-order valence-corrected chi connectivity index (χ4v) is 3.38. The third kappa shape index (κ3) is 12.1. The summed E-state index contributed by atoms with van der Waals surface area (Å²) in [4.78, 5) is 9.63. The van der Waals surface area contributed by atoms with Gasteiger partial charge in [0.1, 0.15) is 0 Å². The summed E-state index contributed by atoms with van der Waals surface area (Å²) < 4.78 is 11.7. The molecule has 0 spiro atoms. The van der Waals surface area contributed by atoms with Gasteiger partial charge in [-0.2, -0.15) is 0 Å². The number of hydrogen-bond acceptors (Lipinski definition) is 3. The predicted octanol–water partition coefficient (Wildman–Crippen LogP) is 4.25. The van der Waals surface area contributed by atoms with Crippen LogP contribution in [0.2, 0.25) is 0 Å². The van der Waals surface area contributed by atoms with Gasteiger partial charge in [-0.15, -0.1) is 5.16 Å². The number of rotatable bonds is 12. The summed E-state index contributed by atoms with van der Waals surface area (Å²) in [5.74, 6) is 0. The van der Waals surface area contributed by atoms with E-state index in [1.807, 2.05) is 0 Å². The van der Waals surface area contributed by atoms with Gasteiger partial charge in [0.15, 0.2) is 0 Å². The highest BCUT2D eigenvalue weighted by Crippen LogP contribution is 2.41. The van der Waals surface area contributed by atoms with E-state index >= 15 is 0 Å². The van der Waals surface area contributed by atoms with Crippen molar-refractivity contribution >= 4 is 13.6 Å². The Balaban J connectivity index is 3.38. The first-order chi connectivity index (χ1) is 8.62. The maximum absolute atomic E-state index is 11.7. The Labute approximate surface area is 111 Å². The summed E-state index contributed by atoms with van der Waals surface area (Å²) in [7, 11) is -2.99. The smallest absolute Gasteiger partial charge is 0.201 e. The number of unbranched alkanes of at least 4 members (excludes halogenated alkanes) is 7. The molecule has 0 saturated heterocycles. The third-order valence-electron chi connectivity index (χ3n) is 3.05. The monoisotopic (exact) mass is 277 g/mol. The quantitative estimate of drug-likeness (QED) is 0.184. The van der Waals surface area contributed by atoms with E-state index in [1.54, 1.807) is 0 Å². The molecule has 0 radical (unpaired) electrons. The lowest BCUT2D eigenvalue weighted by Gasteiger charge is -2.09. The van der Waals surface area contributed by atoms with Crippen LogP contribution in [-0.4, -0.2) is 28.6 Å². The van der Waals surface area contributed by atoms with Gasteiger partial charge in [0, 0.05) is 18.5 Å². The number of nitrogens with zero attached hydrogens (tertiary/aromatic N) is 1. The lowest BCUT2D eigenvalue weighted by Crippen LogP contribution is -1.96. The van der Waals surface area contributed by atoms with E-state index in [0.717, 1.165) is 12.8 Å². The molecule has 0 amide bonds. The molecule has 1 atom stereocenters. The van der Waals surface area contributed by atoms with Crippen molar-refractivity contribution in [2.75, 3.05) is 12.3 Å². The Morgan fingerprint density at radius 3 is 2.11 bits per heavy atom. The van der Waals surface area contributed by atoms with Crippen molar-refractivity contribution in [3.63, 3.8) is 0 Å². The van der Waals surface area contributed by atoms with Crippen LogP contribution >= 0.6 is 7.37 Å². The molecule has 4 nitrogen and oxygen atoms in total. The molecule has 0 heterocycles. The van der Waals surface area contributed by atoms with Crippen LogP contribution in [0.5, 0.6) is 0 Å². The first-order valence-electron chi connectivity index (χ1n) is 7.09. The lowest BCUT2D eigenvalue weighted by atomic mass is 10.1. The van der Waals surface area contributed by atoms with Gasteiger partial charge in [-0.3, -0.25) is 4.57 Å². The summed E-state index contributed by atoms with van der Waals surface area (Å²) in [5.41, 5.74) is 0. The lowest BCUT2D eigenvalue weighted by molar-refractivity contribution is 0.320. The summed E-state index contributed by atoms with van der Waals surface area (Å²) in [6.07, 6.45) is 11.8. The van der Waals surface area contributed by atoms with Gasteiger partial charge in [-0.1, -0.05) is 51.9 Å². The van der Waals surface area contributed by atoms with Crippen molar-refractivity contribution in [1.82, 2.24) is 0 Å².